The summed E-state index contributed by atoms with van der Waals surface area (Å²) < 4.78 is 5.95. The molecule has 0 bridgehead atoms. The topological polar surface area (TPSA) is 66.8 Å². The van der Waals surface area contributed by atoms with Gasteiger partial charge in [-0.1, -0.05) is 77.8 Å². The van der Waals surface area contributed by atoms with Crippen LogP contribution in [0.1, 0.15) is 34.9 Å². The molecule has 0 saturated carbocycles. The summed E-state index contributed by atoms with van der Waals surface area (Å²) in [6.45, 7) is -0.228. The first-order valence-corrected chi connectivity index (χ1v) is 10.4. The highest BCUT2D eigenvalue weighted by Crippen LogP contribution is 2.44. The van der Waals surface area contributed by atoms with Crippen molar-refractivity contribution in [3.8, 4) is 0 Å². The van der Waals surface area contributed by atoms with Crippen LogP contribution in [0.3, 0.4) is 0 Å². The van der Waals surface area contributed by atoms with Crippen molar-refractivity contribution in [3.05, 3.63) is 106 Å². The third-order valence-electron chi connectivity index (χ3n) is 5.30. The van der Waals surface area contributed by atoms with Crippen LogP contribution >= 0.6 is 23.2 Å². The number of carboxylic acids is 1. The van der Waals surface area contributed by atoms with Crippen molar-refractivity contribution in [2.75, 3.05) is 6.61 Å². The number of morpholine rings is 1. The fourth-order valence-electron chi connectivity index (χ4n) is 3.92. The van der Waals surface area contributed by atoms with Crippen molar-refractivity contribution >= 4 is 35.1 Å². The zero-order chi connectivity index (χ0) is 22.0. The Labute approximate surface area is 189 Å². The number of carboxylic acid groups (broad SMARTS) is 1. The lowest BCUT2D eigenvalue weighted by Gasteiger charge is -2.44. The third-order valence-corrected chi connectivity index (χ3v) is 5.80. The molecule has 3 aromatic rings. The van der Waals surface area contributed by atoms with E-state index in [0.29, 0.717) is 15.6 Å². The number of nitrogens with zero attached hydrogens (tertiary/aromatic N) is 1. The molecule has 1 aliphatic rings. The maximum Gasteiger partial charge on any atom is 0.331 e. The summed E-state index contributed by atoms with van der Waals surface area (Å²) in [6.07, 6.45) is -0.582. The molecule has 1 heterocycles. The third kappa shape index (κ3) is 4.44. The molecule has 31 heavy (non-hydrogen) atoms. The van der Waals surface area contributed by atoms with Gasteiger partial charge in [0.25, 0.3) is 0 Å². The van der Waals surface area contributed by atoms with Crippen LogP contribution in [0.4, 0.5) is 0 Å². The first-order valence-electron chi connectivity index (χ1n) is 9.67. The van der Waals surface area contributed by atoms with E-state index < -0.39 is 30.1 Å². The number of ether oxygens (including phenoxy) is 1. The van der Waals surface area contributed by atoms with Crippen molar-refractivity contribution in [2.24, 2.45) is 0 Å². The van der Waals surface area contributed by atoms with Crippen LogP contribution < -0.4 is 0 Å². The van der Waals surface area contributed by atoms with Crippen molar-refractivity contribution in [3.63, 3.8) is 0 Å². The van der Waals surface area contributed by atoms with Crippen molar-refractivity contribution in [1.29, 1.82) is 0 Å². The van der Waals surface area contributed by atoms with Crippen LogP contribution in [0.25, 0.3) is 0 Å². The van der Waals surface area contributed by atoms with E-state index in [1.807, 2.05) is 12.1 Å². The van der Waals surface area contributed by atoms with Crippen LogP contribution in [0.5, 0.6) is 0 Å². The zero-order valence-electron chi connectivity index (χ0n) is 16.3. The van der Waals surface area contributed by atoms with Crippen LogP contribution in [0, 0.1) is 0 Å². The molecule has 158 valence electrons. The van der Waals surface area contributed by atoms with Gasteiger partial charge < -0.3 is 14.7 Å². The Morgan fingerprint density at radius 1 is 0.903 bits per heavy atom. The Bertz CT molecular complexity index is 1070. The highest BCUT2D eigenvalue weighted by molar-refractivity contribution is 6.30. The molecule has 7 heteroatoms. The van der Waals surface area contributed by atoms with E-state index in [0.717, 1.165) is 11.1 Å². The summed E-state index contributed by atoms with van der Waals surface area (Å²) in [6, 6.07) is 21.0. The van der Waals surface area contributed by atoms with Gasteiger partial charge in [-0.15, -0.1) is 0 Å². The van der Waals surface area contributed by atoms with Gasteiger partial charge in [0, 0.05) is 10.0 Å². The summed E-state index contributed by atoms with van der Waals surface area (Å²) >= 11 is 12.1. The minimum atomic E-state index is -1.17. The van der Waals surface area contributed by atoms with E-state index in [9.17, 15) is 14.7 Å². The number of benzene rings is 3. The van der Waals surface area contributed by atoms with Gasteiger partial charge in [0.1, 0.15) is 12.7 Å². The monoisotopic (exact) mass is 455 g/mol. The van der Waals surface area contributed by atoms with Gasteiger partial charge in [-0.2, -0.15) is 0 Å². The van der Waals surface area contributed by atoms with Gasteiger partial charge in [-0.05, 0) is 41.0 Å². The first-order chi connectivity index (χ1) is 15.0. The molecule has 1 saturated heterocycles. The molecule has 0 radical (unpaired) electrons. The van der Waals surface area contributed by atoms with E-state index >= 15 is 0 Å². The molecule has 4 rings (SSSR count). The summed E-state index contributed by atoms with van der Waals surface area (Å²) in [5.41, 5.74) is 2.03. The number of amides is 1. The van der Waals surface area contributed by atoms with E-state index in [1.54, 1.807) is 66.7 Å². The number of aliphatic carboxylic acids is 1. The normalized spacial score (nSPS) is 19.8. The minimum absolute atomic E-state index is 0.228. The maximum atomic E-state index is 13.1. The number of hydrogen-bond acceptors (Lipinski definition) is 3. The quantitative estimate of drug-likeness (QED) is 0.554. The molecule has 3 aromatic carbocycles. The van der Waals surface area contributed by atoms with E-state index in [2.05, 4.69) is 0 Å². The van der Waals surface area contributed by atoms with Gasteiger partial charge in [0.05, 0.1) is 6.04 Å². The molecule has 1 N–H and O–H groups in total. The van der Waals surface area contributed by atoms with E-state index in [4.69, 9.17) is 27.9 Å². The van der Waals surface area contributed by atoms with E-state index in [-0.39, 0.29) is 6.61 Å². The van der Waals surface area contributed by atoms with Crippen LogP contribution in [-0.2, 0) is 14.3 Å². The first kappa shape index (κ1) is 21.4. The van der Waals surface area contributed by atoms with Crippen LogP contribution in [-0.4, -0.2) is 28.5 Å². The fourth-order valence-corrected chi connectivity index (χ4v) is 4.17. The fraction of sp³-hybridized carbons (Fsp3) is 0.167. The van der Waals surface area contributed by atoms with Gasteiger partial charge >= 0.3 is 5.97 Å². The predicted octanol–water partition coefficient (Wildman–Crippen LogP) is 5.46. The van der Waals surface area contributed by atoms with Gasteiger partial charge in [-0.3, -0.25) is 4.79 Å². The average Bonchev–Trinajstić information content (AvgIpc) is 2.77. The highest BCUT2D eigenvalue weighted by atomic mass is 35.5. The second kappa shape index (κ2) is 9.10. The Balaban J connectivity index is 1.87. The summed E-state index contributed by atoms with van der Waals surface area (Å²) in [4.78, 5) is 26.9. The molecule has 1 fully saturated rings. The zero-order valence-corrected chi connectivity index (χ0v) is 17.8. The van der Waals surface area contributed by atoms with Gasteiger partial charge in [0.2, 0.25) is 5.91 Å². The van der Waals surface area contributed by atoms with Crippen molar-refractivity contribution in [2.45, 2.75) is 18.2 Å². The summed E-state index contributed by atoms with van der Waals surface area (Å²) in [5.74, 6) is -1.52. The molecule has 5 nitrogen and oxygen atoms in total. The summed E-state index contributed by atoms with van der Waals surface area (Å²) in [7, 11) is 0. The molecule has 0 spiro atoms. The molecule has 3 atom stereocenters. The number of carbonyl (C=O) groups is 2. The Hall–Kier alpha value is -2.86. The van der Waals surface area contributed by atoms with Gasteiger partial charge in [0.15, 0.2) is 6.04 Å². The van der Waals surface area contributed by atoms with Crippen molar-refractivity contribution in [1.82, 2.24) is 4.90 Å². The summed E-state index contributed by atoms with van der Waals surface area (Å²) in [5, 5.41) is 11.2. The second-order valence-corrected chi connectivity index (χ2v) is 8.10. The standard InChI is InChI=1S/C24H19Cl2NO4/c25-18-10-6-16(7-11-18)21-23(17-8-12-19(26)13-9-17)31-14-20(28)27(21)22(24(29)30)15-4-2-1-3-5-15/h1-13,21-23H,14H2,(H,29,30)/t21-,22-,23+/m1/s1. The Morgan fingerprint density at radius 3 is 2.00 bits per heavy atom. The number of rotatable bonds is 5. The average molecular weight is 456 g/mol. The SMILES string of the molecule is O=C(O)[C@@H](c1ccccc1)N1C(=O)CO[C@@H](c2ccc(Cl)cc2)[C@H]1c1ccc(Cl)cc1. The second-order valence-electron chi connectivity index (χ2n) is 7.23. The largest absolute Gasteiger partial charge is 0.479 e. The molecule has 0 aromatic heterocycles. The number of hydrogen-bond donors (Lipinski definition) is 1. The maximum absolute atomic E-state index is 13.1. The smallest absolute Gasteiger partial charge is 0.331 e. The minimum Gasteiger partial charge on any atom is -0.479 e. The number of carbonyl (C=O) groups excluding carboxylic acids is 1. The molecule has 1 aliphatic heterocycles. The molecule has 0 unspecified atom stereocenters. The highest BCUT2D eigenvalue weighted by Gasteiger charge is 2.45. The van der Waals surface area contributed by atoms with Crippen molar-refractivity contribution < 1.29 is 19.4 Å². The van der Waals surface area contributed by atoms with E-state index in [1.165, 1.54) is 4.90 Å². The lowest BCUT2D eigenvalue weighted by molar-refractivity contribution is -0.171. The molecule has 1 amide bonds. The Kier molecular flexibility index (Phi) is 6.28. The molecular weight excluding hydrogens is 437 g/mol. The Morgan fingerprint density at radius 2 is 1.45 bits per heavy atom. The van der Waals surface area contributed by atoms with Gasteiger partial charge in [-0.25, -0.2) is 4.79 Å². The number of halogens is 2. The lowest BCUT2D eigenvalue weighted by atomic mass is 9.90. The van der Waals surface area contributed by atoms with Crippen LogP contribution in [0.2, 0.25) is 10.0 Å². The van der Waals surface area contributed by atoms with Crippen LogP contribution in [0.15, 0.2) is 78.9 Å². The lowest BCUT2D eigenvalue weighted by Crippen LogP contribution is -2.49. The molecular formula is C24H19Cl2NO4. The predicted molar refractivity (Wildman–Crippen MR) is 118 cm³/mol. The molecule has 0 aliphatic carbocycles.